The second-order valence-corrected chi connectivity index (χ2v) is 1.62. The van der Waals surface area contributed by atoms with E-state index in [4.69, 9.17) is 5.26 Å². The van der Waals surface area contributed by atoms with Crippen LogP contribution in [0.2, 0.25) is 0 Å². The zero-order chi connectivity index (χ0) is 7.40. The number of rotatable bonds is 1. The highest BCUT2D eigenvalue weighted by atomic mass is 15.0. The van der Waals surface area contributed by atoms with E-state index >= 15 is 0 Å². The van der Waals surface area contributed by atoms with Gasteiger partial charge in [0.1, 0.15) is 6.07 Å². The third-order valence-electron chi connectivity index (χ3n) is 1.04. The van der Waals surface area contributed by atoms with Gasteiger partial charge in [0.05, 0.1) is 0 Å². The fourth-order valence-electron chi connectivity index (χ4n) is 0.603. The van der Waals surface area contributed by atoms with Crippen LogP contribution in [-0.2, 0) is 0 Å². The zero-order valence-corrected chi connectivity index (χ0v) is 5.50. The van der Waals surface area contributed by atoms with Crippen LogP contribution in [0.25, 0.3) is 0 Å². The van der Waals surface area contributed by atoms with E-state index in [1.165, 1.54) is 12.4 Å². The van der Waals surface area contributed by atoms with Crippen molar-refractivity contribution in [3.63, 3.8) is 0 Å². The molecule has 0 aliphatic heterocycles. The first-order valence-electron chi connectivity index (χ1n) is 2.77. The van der Waals surface area contributed by atoms with Crippen molar-refractivity contribution in [2.24, 2.45) is 0 Å². The molecule has 50 valence electrons. The minimum Gasteiger partial charge on any atom is -0.371 e. The van der Waals surface area contributed by atoms with Gasteiger partial charge in [-0.1, -0.05) is 0 Å². The predicted molar refractivity (Wildman–Crippen MR) is 36.3 cm³/mol. The SMILES string of the molecule is CNc1nccnc1C#N. The first kappa shape index (κ1) is 6.49. The summed E-state index contributed by atoms with van der Waals surface area (Å²) in [5, 5.41) is 11.2. The zero-order valence-electron chi connectivity index (χ0n) is 5.50. The van der Waals surface area contributed by atoms with Gasteiger partial charge < -0.3 is 5.32 Å². The molecule has 4 nitrogen and oxygen atoms in total. The third kappa shape index (κ3) is 1.03. The molecule has 1 aromatic rings. The summed E-state index contributed by atoms with van der Waals surface area (Å²) < 4.78 is 0. The highest BCUT2D eigenvalue weighted by molar-refractivity contribution is 5.45. The molecule has 0 aromatic carbocycles. The Morgan fingerprint density at radius 2 is 2.20 bits per heavy atom. The van der Waals surface area contributed by atoms with Crippen LogP contribution < -0.4 is 5.32 Å². The summed E-state index contributed by atoms with van der Waals surface area (Å²) in [7, 11) is 1.70. The molecule has 1 N–H and O–H groups in total. The van der Waals surface area contributed by atoms with Crippen molar-refractivity contribution in [2.45, 2.75) is 0 Å². The molecule has 0 saturated carbocycles. The molecule has 0 aliphatic carbocycles. The van der Waals surface area contributed by atoms with Crippen LogP contribution in [0.3, 0.4) is 0 Å². The van der Waals surface area contributed by atoms with E-state index in [9.17, 15) is 0 Å². The Hall–Kier alpha value is -1.63. The molecule has 1 rings (SSSR count). The van der Waals surface area contributed by atoms with Crippen LogP contribution in [0.4, 0.5) is 5.82 Å². The maximum atomic E-state index is 8.46. The average Bonchev–Trinajstić information content (AvgIpc) is 2.04. The van der Waals surface area contributed by atoms with Gasteiger partial charge in [0.15, 0.2) is 11.5 Å². The molecule has 0 saturated heterocycles. The van der Waals surface area contributed by atoms with Crippen LogP contribution in [0.1, 0.15) is 5.69 Å². The van der Waals surface area contributed by atoms with E-state index in [1.54, 1.807) is 7.05 Å². The summed E-state index contributed by atoms with van der Waals surface area (Å²) in [6.45, 7) is 0. The van der Waals surface area contributed by atoms with Crippen molar-refractivity contribution in [3.05, 3.63) is 18.1 Å². The van der Waals surface area contributed by atoms with Gasteiger partial charge in [0.2, 0.25) is 0 Å². The highest BCUT2D eigenvalue weighted by Gasteiger charge is 1.98. The fraction of sp³-hybridized carbons (Fsp3) is 0.167. The highest BCUT2D eigenvalue weighted by Crippen LogP contribution is 2.03. The molecule has 1 aromatic heterocycles. The van der Waals surface area contributed by atoms with Gasteiger partial charge in [-0.05, 0) is 0 Å². The van der Waals surface area contributed by atoms with Gasteiger partial charge in [-0.2, -0.15) is 5.26 Å². The van der Waals surface area contributed by atoms with Crippen LogP contribution in [0.15, 0.2) is 12.4 Å². The third-order valence-corrected chi connectivity index (χ3v) is 1.04. The van der Waals surface area contributed by atoms with E-state index in [-0.39, 0.29) is 0 Å². The molecule has 0 radical (unpaired) electrons. The maximum Gasteiger partial charge on any atom is 0.182 e. The standard InChI is InChI=1S/C6H6N4/c1-8-6-5(4-7)9-2-3-10-6/h2-3H,1H3,(H,8,10). The van der Waals surface area contributed by atoms with Crippen molar-refractivity contribution in [1.82, 2.24) is 9.97 Å². The Labute approximate surface area is 58.5 Å². The Kier molecular flexibility index (Phi) is 1.80. The summed E-state index contributed by atoms with van der Waals surface area (Å²) in [6, 6.07) is 1.91. The van der Waals surface area contributed by atoms with Crippen molar-refractivity contribution in [1.29, 1.82) is 5.26 Å². The van der Waals surface area contributed by atoms with E-state index in [1.807, 2.05) is 6.07 Å². The number of nitrogens with zero attached hydrogens (tertiary/aromatic N) is 3. The fourth-order valence-corrected chi connectivity index (χ4v) is 0.603. The number of hydrogen-bond donors (Lipinski definition) is 1. The summed E-state index contributed by atoms with van der Waals surface area (Å²) in [5.74, 6) is 0.519. The second-order valence-electron chi connectivity index (χ2n) is 1.62. The molecule has 1 heterocycles. The van der Waals surface area contributed by atoms with E-state index < -0.39 is 0 Å². The van der Waals surface area contributed by atoms with Gasteiger partial charge >= 0.3 is 0 Å². The average molecular weight is 134 g/mol. The first-order valence-corrected chi connectivity index (χ1v) is 2.77. The number of anilines is 1. The van der Waals surface area contributed by atoms with Gasteiger partial charge in [-0.15, -0.1) is 0 Å². The summed E-state index contributed by atoms with van der Waals surface area (Å²) in [4.78, 5) is 7.65. The van der Waals surface area contributed by atoms with Gasteiger partial charge in [0, 0.05) is 19.4 Å². The number of aromatic nitrogens is 2. The normalized spacial score (nSPS) is 8.40. The number of nitrogens with one attached hydrogen (secondary N) is 1. The molecular weight excluding hydrogens is 128 g/mol. The predicted octanol–water partition coefficient (Wildman–Crippen LogP) is 0.390. The maximum absolute atomic E-state index is 8.46. The van der Waals surface area contributed by atoms with Gasteiger partial charge in [-0.25, -0.2) is 9.97 Å². The molecule has 10 heavy (non-hydrogen) atoms. The summed E-state index contributed by atoms with van der Waals surface area (Å²) >= 11 is 0. The molecule has 0 spiro atoms. The van der Waals surface area contributed by atoms with E-state index in [0.717, 1.165) is 0 Å². The quantitative estimate of drug-likeness (QED) is 0.603. The van der Waals surface area contributed by atoms with Gasteiger partial charge in [-0.3, -0.25) is 0 Å². The van der Waals surface area contributed by atoms with Crippen molar-refractivity contribution < 1.29 is 0 Å². The van der Waals surface area contributed by atoms with Crippen LogP contribution >= 0.6 is 0 Å². The second kappa shape index (κ2) is 2.78. The largest absolute Gasteiger partial charge is 0.371 e. The van der Waals surface area contributed by atoms with Crippen molar-refractivity contribution >= 4 is 5.82 Å². The van der Waals surface area contributed by atoms with Gasteiger partial charge in [0.25, 0.3) is 0 Å². The lowest BCUT2D eigenvalue weighted by molar-refractivity contribution is 1.15. The van der Waals surface area contributed by atoms with E-state index in [2.05, 4.69) is 15.3 Å². The lowest BCUT2D eigenvalue weighted by atomic mass is 10.4. The molecular formula is C6H6N4. The molecule has 0 atom stereocenters. The molecule has 0 unspecified atom stereocenters. The monoisotopic (exact) mass is 134 g/mol. The van der Waals surface area contributed by atoms with Crippen LogP contribution in [-0.4, -0.2) is 17.0 Å². The minimum absolute atomic E-state index is 0.324. The van der Waals surface area contributed by atoms with Crippen molar-refractivity contribution in [2.75, 3.05) is 12.4 Å². The lowest BCUT2D eigenvalue weighted by Gasteiger charge is -1.96. The molecule has 4 heteroatoms. The number of nitriles is 1. The van der Waals surface area contributed by atoms with Crippen molar-refractivity contribution in [3.8, 4) is 6.07 Å². The van der Waals surface area contributed by atoms with E-state index in [0.29, 0.717) is 11.5 Å². The summed E-state index contributed by atoms with van der Waals surface area (Å²) in [5.41, 5.74) is 0.324. The smallest absolute Gasteiger partial charge is 0.182 e. The number of hydrogen-bond acceptors (Lipinski definition) is 4. The summed E-state index contributed by atoms with van der Waals surface area (Å²) in [6.07, 6.45) is 3.02. The Morgan fingerprint density at radius 1 is 1.50 bits per heavy atom. The Morgan fingerprint density at radius 3 is 2.70 bits per heavy atom. The Bertz CT molecular complexity index is 263. The first-order chi connectivity index (χ1) is 4.88. The van der Waals surface area contributed by atoms with Crippen LogP contribution in [0, 0.1) is 11.3 Å². The lowest BCUT2D eigenvalue weighted by Crippen LogP contribution is -1.96. The van der Waals surface area contributed by atoms with Crippen LogP contribution in [0.5, 0.6) is 0 Å². The minimum atomic E-state index is 0.324. The molecule has 0 bridgehead atoms. The molecule has 0 aliphatic rings. The molecule has 0 fully saturated rings. The molecule has 0 amide bonds. The topological polar surface area (TPSA) is 61.6 Å². The Balaban J connectivity index is 3.12.